The number of aromatic hydroxyl groups is 1. The number of ketones is 1. The van der Waals surface area contributed by atoms with E-state index in [1.807, 2.05) is 30.3 Å². The molecule has 0 fully saturated rings. The third-order valence-electron chi connectivity index (χ3n) is 3.99. The lowest BCUT2D eigenvalue weighted by Crippen LogP contribution is -2.21. The largest absolute Gasteiger partial charge is 0.502 e. The molecular weight excluding hydrogens is 312 g/mol. The Bertz CT molecular complexity index is 769. The third kappa shape index (κ3) is 2.40. The Morgan fingerprint density at radius 1 is 1.00 bits per heavy atom. The van der Waals surface area contributed by atoms with Crippen molar-refractivity contribution in [1.29, 1.82) is 0 Å². The monoisotopic (exact) mass is 330 g/mol. The predicted octanol–water partition coefficient (Wildman–Crippen LogP) is 3.12. The maximum absolute atomic E-state index is 12.7. The van der Waals surface area contributed by atoms with Gasteiger partial charge in [-0.05, 0) is 5.56 Å². The summed E-state index contributed by atoms with van der Waals surface area (Å²) >= 11 is 0. The Morgan fingerprint density at radius 2 is 1.62 bits per heavy atom. The summed E-state index contributed by atoms with van der Waals surface area (Å²) < 4.78 is 21.7. The fraction of sp³-hybridized carbons (Fsp3) is 0.278. The second-order valence-corrected chi connectivity index (χ2v) is 5.30. The zero-order valence-corrected chi connectivity index (χ0v) is 13.7. The van der Waals surface area contributed by atoms with Gasteiger partial charge in [-0.3, -0.25) is 4.79 Å². The zero-order valence-electron chi connectivity index (χ0n) is 13.7. The van der Waals surface area contributed by atoms with Gasteiger partial charge in [-0.1, -0.05) is 30.3 Å². The fourth-order valence-corrected chi connectivity index (χ4v) is 2.89. The number of phenolic OH excluding ortho intramolecular Hbond substituents is 1. The molecule has 3 rings (SSSR count). The summed E-state index contributed by atoms with van der Waals surface area (Å²) in [5.74, 6) is -0.00780. The highest BCUT2D eigenvalue weighted by atomic mass is 16.5. The van der Waals surface area contributed by atoms with Crippen molar-refractivity contribution in [3.63, 3.8) is 0 Å². The van der Waals surface area contributed by atoms with Gasteiger partial charge < -0.3 is 24.1 Å². The molecule has 0 bridgehead atoms. The Hall–Kier alpha value is -2.89. The van der Waals surface area contributed by atoms with Crippen LogP contribution in [-0.4, -0.2) is 32.2 Å². The highest BCUT2D eigenvalue weighted by Crippen LogP contribution is 2.55. The molecule has 126 valence electrons. The van der Waals surface area contributed by atoms with Crippen LogP contribution in [0.1, 0.15) is 28.4 Å². The lowest BCUT2D eigenvalue weighted by atomic mass is 9.94. The number of benzene rings is 2. The first-order valence-electron chi connectivity index (χ1n) is 7.42. The van der Waals surface area contributed by atoms with Gasteiger partial charge in [0.2, 0.25) is 17.2 Å². The second kappa shape index (κ2) is 6.31. The number of Topliss-reactive ketones (excluding diaryl/α,β-unsaturated/α-hetero) is 1. The first kappa shape index (κ1) is 16.0. The van der Waals surface area contributed by atoms with Crippen molar-refractivity contribution < 1.29 is 28.8 Å². The van der Waals surface area contributed by atoms with Crippen molar-refractivity contribution in [1.82, 2.24) is 0 Å². The molecule has 2 aromatic carbocycles. The Morgan fingerprint density at radius 3 is 2.21 bits per heavy atom. The summed E-state index contributed by atoms with van der Waals surface area (Å²) in [7, 11) is 4.22. The van der Waals surface area contributed by atoms with Crippen molar-refractivity contribution in [3.05, 3.63) is 41.5 Å². The number of carbonyl (C=O) groups is 1. The molecule has 0 aliphatic carbocycles. The first-order chi connectivity index (χ1) is 11.6. The summed E-state index contributed by atoms with van der Waals surface area (Å²) in [5.41, 5.74) is 1.02. The van der Waals surface area contributed by atoms with E-state index in [0.29, 0.717) is 0 Å². The molecule has 1 heterocycles. The fourth-order valence-electron chi connectivity index (χ4n) is 2.89. The van der Waals surface area contributed by atoms with Gasteiger partial charge in [-0.25, -0.2) is 0 Å². The Balaban J connectivity index is 2.18. The van der Waals surface area contributed by atoms with Crippen molar-refractivity contribution in [2.24, 2.45) is 0 Å². The molecule has 0 radical (unpaired) electrons. The van der Waals surface area contributed by atoms with Crippen molar-refractivity contribution >= 4 is 5.78 Å². The summed E-state index contributed by atoms with van der Waals surface area (Å²) in [6.07, 6.45) is -0.345. The maximum Gasteiger partial charge on any atom is 0.211 e. The minimum Gasteiger partial charge on any atom is -0.502 e. The van der Waals surface area contributed by atoms with Crippen LogP contribution in [0.4, 0.5) is 0 Å². The lowest BCUT2D eigenvalue weighted by molar-refractivity contribution is 0.0833. The smallest absolute Gasteiger partial charge is 0.211 e. The average molecular weight is 330 g/mol. The van der Waals surface area contributed by atoms with Crippen LogP contribution >= 0.6 is 0 Å². The Kier molecular flexibility index (Phi) is 4.20. The number of carbonyl (C=O) groups excluding carboxylic acids is 1. The van der Waals surface area contributed by atoms with Crippen LogP contribution in [0.5, 0.6) is 28.7 Å². The molecule has 0 aromatic heterocycles. The predicted molar refractivity (Wildman–Crippen MR) is 86.5 cm³/mol. The normalized spacial score (nSPS) is 16.1. The molecule has 1 atom stereocenters. The summed E-state index contributed by atoms with van der Waals surface area (Å²) in [6.45, 7) is 0. The molecule has 0 saturated heterocycles. The molecule has 0 saturated carbocycles. The number of hydrogen-bond donors (Lipinski definition) is 1. The van der Waals surface area contributed by atoms with E-state index in [4.69, 9.17) is 18.9 Å². The molecule has 24 heavy (non-hydrogen) atoms. The van der Waals surface area contributed by atoms with Gasteiger partial charge in [0, 0.05) is 0 Å². The van der Waals surface area contributed by atoms with Crippen LogP contribution in [0.25, 0.3) is 0 Å². The van der Waals surface area contributed by atoms with Gasteiger partial charge in [0.05, 0.1) is 27.8 Å². The van der Waals surface area contributed by atoms with Crippen molar-refractivity contribution in [2.75, 3.05) is 21.3 Å². The van der Waals surface area contributed by atoms with E-state index < -0.39 is 6.10 Å². The van der Waals surface area contributed by atoms with E-state index in [2.05, 4.69) is 0 Å². The maximum atomic E-state index is 12.7. The standard InChI is InChI=1S/C18H18O6/c1-21-16-13-11(19)9-12(10-7-5-4-6-8-10)24-15(13)14(20)17(22-2)18(16)23-3/h4-8,12,20H,9H2,1-3H3/t12-/m1/s1. The van der Waals surface area contributed by atoms with Crippen molar-refractivity contribution in [3.8, 4) is 28.7 Å². The van der Waals surface area contributed by atoms with Crippen LogP contribution in [0.2, 0.25) is 0 Å². The summed E-state index contributed by atoms with van der Waals surface area (Å²) in [4.78, 5) is 12.7. The van der Waals surface area contributed by atoms with Gasteiger partial charge in [0.1, 0.15) is 11.7 Å². The topological polar surface area (TPSA) is 74.2 Å². The highest BCUT2D eigenvalue weighted by molar-refractivity contribution is 6.05. The highest BCUT2D eigenvalue weighted by Gasteiger charge is 2.37. The van der Waals surface area contributed by atoms with E-state index in [9.17, 15) is 9.90 Å². The molecule has 0 amide bonds. The second-order valence-electron chi connectivity index (χ2n) is 5.30. The molecular formula is C18H18O6. The van der Waals surface area contributed by atoms with Crippen LogP contribution in [0.15, 0.2) is 30.3 Å². The Labute approximate surface area is 139 Å². The van der Waals surface area contributed by atoms with E-state index in [1.54, 1.807) is 0 Å². The van der Waals surface area contributed by atoms with Gasteiger partial charge in [-0.2, -0.15) is 0 Å². The minimum absolute atomic E-state index is 0.0506. The third-order valence-corrected chi connectivity index (χ3v) is 3.99. The number of ether oxygens (including phenoxy) is 4. The molecule has 0 spiro atoms. The van der Waals surface area contributed by atoms with Crippen LogP contribution in [0.3, 0.4) is 0 Å². The molecule has 1 aliphatic heterocycles. The molecule has 0 unspecified atom stereocenters. The number of fused-ring (bicyclic) bond motifs is 1. The van der Waals surface area contributed by atoms with E-state index in [0.717, 1.165) is 5.56 Å². The van der Waals surface area contributed by atoms with Gasteiger partial charge in [0.25, 0.3) is 0 Å². The molecule has 1 aliphatic rings. The number of hydrogen-bond acceptors (Lipinski definition) is 6. The number of phenols is 1. The molecule has 6 heteroatoms. The van der Waals surface area contributed by atoms with Crippen molar-refractivity contribution in [2.45, 2.75) is 12.5 Å². The summed E-state index contributed by atoms with van der Waals surface area (Å²) in [5, 5.41) is 10.5. The molecule has 1 N–H and O–H groups in total. The quantitative estimate of drug-likeness (QED) is 0.928. The van der Waals surface area contributed by atoms with E-state index in [1.165, 1.54) is 21.3 Å². The van der Waals surface area contributed by atoms with Crippen LogP contribution in [-0.2, 0) is 0 Å². The zero-order chi connectivity index (χ0) is 17.3. The summed E-state index contributed by atoms with van der Waals surface area (Å²) in [6, 6.07) is 9.37. The SMILES string of the molecule is COc1c(O)c2c(c(OC)c1OC)C(=O)C[C@H](c1ccccc1)O2. The number of rotatable bonds is 4. The lowest BCUT2D eigenvalue weighted by Gasteiger charge is -2.28. The van der Waals surface area contributed by atoms with E-state index >= 15 is 0 Å². The van der Waals surface area contributed by atoms with E-state index in [-0.39, 0.29) is 46.5 Å². The van der Waals surface area contributed by atoms with Crippen LogP contribution < -0.4 is 18.9 Å². The van der Waals surface area contributed by atoms with Gasteiger partial charge in [0.15, 0.2) is 17.3 Å². The molecule has 6 nitrogen and oxygen atoms in total. The first-order valence-corrected chi connectivity index (χ1v) is 7.42. The average Bonchev–Trinajstić information content (AvgIpc) is 2.62. The molecule has 2 aromatic rings. The number of methoxy groups -OCH3 is 3. The van der Waals surface area contributed by atoms with Crippen LogP contribution in [0, 0.1) is 0 Å². The van der Waals surface area contributed by atoms with Gasteiger partial charge >= 0.3 is 0 Å². The van der Waals surface area contributed by atoms with Gasteiger partial charge in [-0.15, -0.1) is 0 Å². The minimum atomic E-state index is -0.486.